The lowest BCUT2D eigenvalue weighted by Gasteiger charge is -2.19. The van der Waals surface area contributed by atoms with E-state index in [4.69, 9.17) is 4.74 Å². The third-order valence-electron chi connectivity index (χ3n) is 3.64. The van der Waals surface area contributed by atoms with Gasteiger partial charge >= 0.3 is 0 Å². The number of ether oxygens (including phenoxy) is 1. The Balaban J connectivity index is 1.98. The van der Waals surface area contributed by atoms with Crippen molar-refractivity contribution < 1.29 is 14.3 Å². The van der Waals surface area contributed by atoms with Gasteiger partial charge in [-0.25, -0.2) is 0 Å². The van der Waals surface area contributed by atoms with Crippen molar-refractivity contribution >= 4 is 33.4 Å². The fourth-order valence-corrected chi connectivity index (χ4v) is 2.72. The summed E-state index contributed by atoms with van der Waals surface area (Å²) < 4.78 is 6.27. The molecule has 6 heteroatoms. The highest BCUT2D eigenvalue weighted by Crippen LogP contribution is 2.23. The zero-order chi connectivity index (χ0) is 18.2. The maximum Gasteiger partial charge on any atom is 0.262 e. The molecule has 0 aliphatic rings. The lowest BCUT2D eigenvalue weighted by molar-refractivity contribution is -0.118. The number of amides is 2. The quantitative estimate of drug-likeness (QED) is 0.759. The number of carbonyl (C=O) groups excluding carboxylic acids is 2. The van der Waals surface area contributed by atoms with Gasteiger partial charge in [0.1, 0.15) is 5.75 Å². The predicted octanol–water partition coefficient (Wildman–Crippen LogP) is 3.95. The monoisotopic (exact) mass is 404 g/mol. The normalized spacial score (nSPS) is 10.2. The molecule has 1 N–H and O–H groups in total. The van der Waals surface area contributed by atoms with E-state index in [2.05, 4.69) is 21.2 Å². The third-order valence-corrected chi connectivity index (χ3v) is 4.29. The van der Waals surface area contributed by atoms with Gasteiger partial charge < -0.3 is 15.0 Å². The van der Waals surface area contributed by atoms with Crippen LogP contribution in [0.1, 0.15) is 24.2 Å². The maximum atomic E-state index is 12.4. The molecule has 0 spiro atoms. The minimum absolute atomic E-state index is 0.0504. The molecule has 25 heavy (non-hydrogen) atoms. The number of nitrogens with one attached hydrogen (secondary N) is 1. The van der Waals surface area contributed by atoms with Crippen molar-refractivity contribution in [2.45, 2.75) is 13.8 Å². The van der Waals surface area contributed by atoms with Crippen molar-refractivity contribution in [2.24, 2.45) is 0 Å². The molecule has 5 nitrogen and oxygen atoms in total. The molecule has 2 aromatic carbocycles. The van der Waals surface area contributed by atoms with E-state index in [0.717, 1.165) is 4.47 Å². The lowest BCUT2D eigenvalue weighted by atomic mass is 10.1. The Morgan fingerprint density at radius 2 is 1.80 bits per heavy atom. The van der Waals surface area contributed by atoms with Gasteiger partial charge in [0, 0.05) is 24.3 Å². The van der Waals surface area contributed by atoms with Crippen LogP contribution < -0.4 is 10.1 Å². The van der Waals surface area contributed by atoms with Gasteiger partial charge in [-0.1, -0.05) is 18.2 Å². The molecule has 0 aliphatic heterocycles. The van der Waals surface area contributed by atoms with Crippen molar-refractivity contribution in [2.75, 3.05) is 25.0 Å². The van der Waals surface area contributed by atoms with Crippen molar-refractivity contribution in [1.29, 1.82) is 0 Å². The number of hydrogen-bond donors (Lipinski definition) is 1. The van der Waals surface area contributed by atoms with Crippen LogP contribution in [0.2, 0.25) is 0 Å². The first-order valence-electron chi connectivity index (χ1n) is 8.11. The molecule has 0 radical (unpaired) electrons. The number of benzene rings is 2. The minimum Gasteiger partial charge on any atom is -0.483 e. The molecule has 0 unspecified atom stereocenters. The van der Waals surface area contributed by atoms with Crippen LogP contribution in [-0.2, 0) is 4.79 Å². The van der Waals surface area contributed by atoms with Crippen molar-refractivity contribution in [3.05, 3.63) is 58.6 Å². The fourth-order valence-electron chi connectivity index (χ4n) is 2.33. The Morgan fingerprint density at radius 1 is 1.08 bits per heavy atom. The van der Waals surface area contributed by atoms with Crippen molar-refractivity contribution in [1.82, 2.24) is 4.90 Å². The summed E-state index contributed by atoms with van der Waals surface area (Å²) in [5, 5.41) is 2.75. The molecule has 0 bridgehead atoms. The van der Waals surface area contributed by atoms with Gasteiger partial charge in [0.25, 0.3) is 11.8 Å². The number of para-hydroxylation sites is 1. The standard InChI is InChI=1S/C19H21BrN2O3/c1-3-22(4-2)19(24)14-8-7-9-15(12-14)21-18(23)13-25-17-11-6-5-10-16(17)20/h5-12H,3-4,13H2,1-2H3,(H,21,23). The van der Waals surface area contributed by atoms with Gasteiger partial charge in [0.2, 0.25) is 0 Å². The Labute approximate surface area is 156 Å². The molecule has 2 aromatic rings. The van der Waals surface area contributed by atoms with Crippen molar-refractivity contribution in [3.8, 4) is 5.75 Å². The Bertz CT molecular complexity index is 745. The lowest BCUT2D eigenvalue weighted by Crippen LogP contribution is -2.30. The van der Waals surface area contributed by atoms with E-state index in [-0.39, 0.29) is 18.4 Å². The summed E-state index contributed by atoms with van der Waals surface area (Å²) in [5.74, 6) is 0.261. The summed E-state index contributed by atoms with van der Waals surface area (Å²) in [4.78, 5) is 26.2. The molecule has 2 amide bonds. The predicted molar refractivity (Wildman–Crippen MR) is 102 cm³/mol. The van der Waals surface area contributed by atoms with E-state index < -0.39 is 0 Å². The Kier molecular flexibility index (Phi) is 7.01. The smallest absolute Gasteiger partial charge is 0.262 e. The number of halogens is 1. The zero-order valence-corrected chi connectivity index (χ0v) is 15.9. The number of carbonyl (C=O) groups is 2. The second-order valence-electron chi connectivity index (χ2n) is 5.33. The van der Waals surface area contributed by atoms with Crippen LogP contribution in [0.25, 0.3) is 0 Å². The molecule has 0 heterocycles. The molecule has 0 saturated carbocycles. The highest BCUT2D eigenvalue weighted by Gasteiger charge is 2.13. The Morgan fingerprint density at radius 3 is 2.48 bits per heavy atom. The van der Waals surface area contributed by atoms with E-state index in [0.29, 0.717) is 30.1 Å². The molecular formula is C19H21BrN2O3. The van der Waals surface area contributed by atoms with Crippen LogP contribution in [-0.4, -0.2) is 36.4 Å². The summed E-state index contributed by atoms with van der Waals surface area (Å²) in [7, 11) is 0. The average molecular weight is 405 g/mol. The summed E-state index contributed by atoms with van der Waals surface area (Å²) in [5.41, 5.74) is 1.12. The molecular weight excluding hydrogens is 384 g/mol. The van der Waals surface area contributed by atoms with Crippen LogP contribution in [0.5, 0.6) is 5.75 Å². The van der Waals surface area contributed by atoms with Gasteiger partial charge in [0.05, 0.1) is 4.47 Å². The first-order valence-corrected chi connectivity index (χ1v) is 8.91. The highest BCUT2D eigenvalue weighted by molar-refractivity contribution is 9.10. The van der Waals surface area contributed by atoms with Crippen LogP contribution in [0.15, 0.2) is 53.0 Å². The largest absolute Gasteiger partial charge is 0.483 e. The van der Waals surface area contributed by atoms with Crippen LogP contribution in [0.4, 0.5) is 5.69 Å². The van der Waals surface area contributed by atoms with Gasteiger partial charge in [-0.15, -0.1) is 0 Å². The zero-order valence-electron chi connectivity index (χ0n) is 14.3. The molecule has 0 fully saturated rings. The van der Waals surface area contributed by atoms with Gasteiger partial charge in [0.15, 0.2) is 6.61 Å². The van der Waals surface area contributed by atoms with E-state index in [1.54, 1.807) is 35.2 Å². The van der Waals surface area contributed by atoms with Crippen LogP contribution in [0.3, 0.4) is 0 Å². The van der Waals surface area contributed by atoms with Gasteiger partial charge in [-0.2, -0.15) is 0 Å². The van der Waals surface area contributed by atoms with E-state index >= 15 is 0 Å². The first kappa shape index (κ1) is 19.0. The second kappa shape index (κ2) is 9.22. The summed E-state index contributed by atoms with van der Waals surface area (Å²) in [6.07, 6.45) is 0. The molecule has 2 rings (SSSR count). The molecule has 0 saturated heterocycles. The topological polar surface area (TPSA) is 58.6 Å². The van der Waals surface area contributed by atoms with Gasteiger partial charge in [-0.3, -0.25) is 9.59 Å². The fraction of sp³-hybridized carbons (Fsp3) is 0.263. The number of anilines is 1. The summed E-state index contributed by atoms with van der Waals surface area (Å²) in [6.45, 7) is 5.05. The van der Waals surface area contributed by atoms with E-state index in [1.807, 2.05) is 32.0 Å². The van der Waals surface area contributed by atoms with E-state index in [9.17, 15) is 9.59 Å². The average Bonchev–Trinajstić information content (AvgIpc) is 2.62. The number of hydrogen-bond acceptors (Lipinski definition) is 3. The van der Waals surface area contributed by atoms with Crippen molar-refractivity contribution in [3.63, 3.8) is 0 Å². The molecule has 0 aliphatic carbocycles. The number of nitrogens with zero attached hydrogens (tertiary/aromatic N) is 1. The first-order chi connectivity index (χ1) is 12.0. The summed E-state index contributed by atoms with van der Waals surface area (Å²) >= 11 is 3.37. The molecule has 132 valence electrons. The van der Waals surface area contributed by atoms with Crippen LogP contribution >= 0.6 is 15.9 Å². The molecule has 0 aromatic heterocycles. The SMILES string of the molecule is CCN(CC)C(=O)c1cccc(NC(=O)COc2ccccc2Br)c1. The second-order valence-corrected chi connectivity index (χ2v) is 6.18. The van der Waals surface area contributed by atoms with E-state index in [1.165, 1.54) is 0 Å². The van der Waals surface area contributed by atoms with Crippen LogP contribution in [0, 0.1) is 0 Å². The summed E-state index contributed by atoms with van der Waals surface area (Å²) in [6, 6.07) is 14.2. The Hall–Kier alpha value is -2.34. The number of rotatable bonds is 7. The maximum absolute atomic E-state index is 12.4. The van der Waals surface area contributed by atoms with Gasteiger partial charge in [-0.05, 0) is 60.1 Å². The highest BCUT2D eigenvalue weighted by atomic mass is 79.9. The molecule has 0 atom stereocenters. The minimum atomic E-state index is -0.289. The third kappa shape index (κ3) is 5.32.